The lowest BCUT2D eigenvalue weighted by molar-refractivity contribution is -0.150. The third kappa shape index (κ3) is 6.91. The molecule has 0 aromatic rings. The van der Waals surface area contributed by atoms with Crippen molar-refractivity contribution in [2.75, 3.05) is 13.2 Å². The van der Waals surface area contributed by atoms with Gasteiger partial charge in [-0.3, -0.25) is 17.9 Å². The summed E-state index contributed by atoms with van der Waals surface area (Å²) in [4.78, 5) is 39.1. The number of rotatable bonds is 10. The maximum absolute atomic E-state index is 11.8. The molecule has 13 nitrogen and oxygen atoms in total. The smallest absolute Gasteiger partial charge is 0.309 e. The van der Waals surface area contributed by atoms with E-state index in [0.717, 1.165) is 6.92 Å². The van der Waals surface area contributed by atoms with Crippen LogP contribution in [0.5, 0.6) is 0 Å². The Hall–Kier alpha value is -1.75. The Morgan fingerprint density at radius 1 is 1.31 bits per heavy atom. The van der Waals surface area contributed by atoms with Gasteiger partial charge in [0.15, 0.2) is 5.96 Å². The van der Waals surface area contributed by atoms with E-state index in [9.17, 15) is 34.8 Å². The number of guanidine groups is 1. The molecule has 7 atom stereocenters. The van der Waals surface area contributed by atoms with Gasteiger partial charge in [0.05, 0.1) is 53.6 Å². The van der Waals surface area contributed by atoms with Gasteiger partial charge in [-0.05, 0) is 6.42 Å². The molecule has 29 heavy (non-hydrogen) atoms. The molecule has 0 heterocycles. The molecule has 10 N–H and O–H groups in total. The van der Waals surface area contributed by atoms with Gasteiger partial charge in [0.1, 0.15) is 18.8 Å². The van der Waals surface area contributed by atoms with E-state index in [4.69, 9.17) is 16.2 Å². The number of carbonyl (C=O) groups is 3. The predicted molar refractivity (Wildman–Crippen MR) is 107 cm³/mol. The number of amides is 2. The molecule has 2 amide bonds. The molecule has 14 heteroatoms. The van der Waals surface area contributed by atoms with Gasteiger partial charge < -0.3 is 41.9 Å². The van der Waals surface area contributed by atoms with Crippen LogP contribution in [0, 0.1) is 11.8 Å². The average Bonchev–Trinajstić information content (AvgIpc) is 3.00. The Kier molecular flexibility index (Phi) is 9.97. The van der Waals surface area contributed by atoms with E-state index in [1.54, 1.807) is 22.9 Å². The summed E-state index contributed by atoms with van der Waals surface area (Å²) in [6.45, 7) is -0.153. The largest absolute Gasteiger partial charge is 0.481 e. The summed E-state index contributed by atoms with van der Waals surface area (Å²) in [6, 6.07) is -2.19. The summed E-state index contributed by atoms with van der Waals surface area (Å²) in [6.07, 6.45) is -4.63. The molecule has 0 saturated heterocycles. The summed E-state index contributed by atoms with van der Waals surface area (Å²) < 4.78 is 7.83. The third-order valence-corrected chi connectivity index (χ3v) is 5.20. The van der Waals surface area contributed by atoms with Crippen LogP contribution >= 0.6 is 22.9 Å². The minimum Gasteiger partial charge on any atom is -0.481 e. The van der Waals surface area contributed by atoms with E-state index in [2.05, 4.69) is 13.8 Å². The number of carboxylic acids is 1. The van der Waals surface area contributed by atoms with Crippen LogP contribution in [0.15, 0.2) is 4.99 Å². The maximum Gasteiger partial charge on any atom is 0.309 e. The number of nitrogens with one attached hydrogen (secondary N) is 2. The first kappa shape index (κ1) is 25.3. The summed E-state index contributed by atoms with van der Waals surface area (Å²) in [7, 11) is 0. The number of aliphatic hydroxyl groups is 3. The molecule has 0 bridgehead atoms. The van der Waals surface area contributed by atoms with Gasteiger partial charge >= 0.3 is 5.97 Å². The molecule has 0 unspecified atom stereocenters. The van der Waals surface area contributed by atoms with Crippen molar-refractivity contribution < 1.29 is 39.5 Å². The number of aliphatic hydroxyl groups excluding tert-OH is 3. The summed E-state index contributed by atoms with van der Waals surface area (Å²) in [5.74, 6) is -4.92. The fourth-order valence-electron chi connectivity index (χ4n) is 3.47. The number of hydrogen-bond donors (Lipinski definition) is 8. The lowest BCUT2D eigenvalue weighted by atomic mass is 9.85. The van der Waals surface area contributed by atoms with Crippen molar-refractivity contribution >= 4 is 46.6 Å². The number of halogens is 1. The molecule has 1 aliphatic rings. The monoisotopic (exact) mass is 531 g/mol. The normalized spacial score (nSPS) is 26.8. The Labute approximate surface area is 180 Å². The first-order valence-corrected chi connectivity index (χ1v) is 9.68. The Balaban J connectivity index is 3.41. The van der Waals surface area contributed by atoms with Gasteiger partial charge in [-0.25, -0.2) is 4.99 Å². The van der Waals surface area contributed by atoms with Gasteiger partial charge in [-0.1, -0.05) is 0 Å². The Morgan fingerprint density at radius 3 is 2.38 bits per heavy atom. The van der Waals surface area contributed by atoms with Crippen LogP contribution in [0.2, 0.25) is 0 Å². The molecule has 0 aliphatic heterocycles. The average molecular weight is 531 g/mol. The van der Waals surface area contributed by atoms with Crippen molar-refractivity contribution in [2.45, 2.75) is 43.7 Å². The van der Waals surface area contributed by atoms with Gasteiger partial charge in [-0.2, -0.15) is 0 Å². The Bertz CT molecular complexity index is 632. The van der Waals surface area contributed by atoms with Crippen molar-refractivity contribution in [2.24, 2.45) is 28.3 Å². The zero-order valence-electron chi connectivity index (χ0n) is 15.6. The molecule has 0 radical (unpaired) electrons. The topological polar surface area (TPSA) is 230 Å². The van der Waals surface area contributed by atoms with E-state index >= 15 is 0 Å². The number of carbonyl (C=O) groups excluding carboxylic acids is 2. The molecule has 1 rings (SSSR count). The fourth-order valence-corrected chi connectivity index (χ4v) is 3.63. The first-order valence-electron chi connectivity index (χ1n) is 8.60. The number of nitrogens with two attached hydrogens (primary N) is 2. The molecule has 0 aromatic heterocycles. The minimum atomic E-state index is -1.69. The summed E-state index contributed by atoms with van der Waals surface area (Å²) in [5, 5.41) is 41.6. The van der Waals surface area contributed by atoms with Crippen molar-refractivity contribution in [1.82, 2.24) is 8.85 Å². The van der Waals surface area contributed by atoms with Crippen molar-refractivity contribution in [3.63, 3.8) is 0 Å². The number of aliphatic imine (C=N–C) groups is 1. The zero-order valence-corrected chi connectivity index (χ0v) is 17.7. The maximum atomic E-state index is 11.8. The summed E-state index contributed by atoms with van der Waals surface area (Å²) in [5.41, 5.74) is 10.9. The lowest BCUT2D eigenvalue weighted by Crippen LogP contribution is -2.57. The lowest BCUT2D eigenvalue weighted by Gasteiger charge is -2.36. The number of ether oxygens (including phenoxy) is 1. The van der Waals surface area contributed by atoms with Crippen LogP contribution in [0.4, 0.5) is 0 Å². The second-order valence-electron chi connectivity index (χ2n) is 6.64. The minimum absolute atomic E-state index is 0.105. The van der Waals surface area contributed by atoms with E-state index in [0.29, 0.717) is 0 Å². The quantitative estimate of drug-likeness (QED) is 0.0598. The van der Waals surface area contributed by atoms with Crippen LogP contribution in [0.3, 0.4) is 0 Å². The number of nitrogens with zero attached hydrogens (tertiary/aromatic N) is 1. The highest BCUT2D eigenvalue weighted by Crippen LogP contribution is 2.39. The van der Waals surface area contributed by atoms with Crippen LogP contribution < -0.4 is 20.3 Å². The highest BCUT2D eigenvalue weighted by atomic mass is 127. The van der Waals surface area contributed by atoms with Crippen molar-refractivity contribution in [1.29, 1.82) is 0 Å². The molecular formula is C15H26IN5O8. The Morgan fingerprint density at radius 2 is 1.93 bits per heavy atom. The highest BCUT2D eigenvalue weighted by molar-refractivity contribution is 14.1. The SMILES string of the molecule is CC(=O)N[C@H]([C@@H](O)[C@@H](O)CO)[C@@H]1[C@H](OCC(=O)NI)[C@@H](C(=O)O)C[C@H]1N=C(N)N. The van der Waals surface area contributed by atoms with Gasteiger partial charge in [0.2, 0.25) is 5.91 Å². The van der Waals surface area contributed by atoms with Crippen molar-refractivity contribution in [3.05, 3.63) is 0 Å². The van der Waals surface area contributed by atoms with Crippen LogP contribution in [-0.2, 0) is 19.1 Å². The van der Waals surface area contributed by atoms with Crippen LogP contribution in [-0.4, -0.2) is 87.8 Å². The fraction of sp³-hybridized carbons (Fsp3) is 0.733. The molecule has 1 aliphatic carbocycles. The zero-order chi connectivity index (χ0) is 22.3. The van der Waals surface area contributed by atoms with E-state index in [-0.39, 0.29) is 12.4 Å². The third-order valence-electron chi connectivity index (χ3n) is 4.59. The van der Waals surface area contributed by atoms with Crippen LogP contribution in [0.25, 0.3) is 0 Å². The second kappa shape index (κ2) is 11.4. The molecular weight excluding hydrogens is 505 g/mol. The van der Waals surface area contributed by atoms with E-state index < -0.39 is 73.2 Å². The second-order valence-corrected chi connectivity index (χ2v) is 7.18. The molecule has 0 spiro atoms. The highest BCUT2D eigenvalue weighted by Gasteiger charge is 2.53. The van der Waals surface area contributed by atoms with Gasteiger partial charge in [-0.15, -0.1) is 0 Å². The van der Waals surface area contributed by atoms with Gasteiger partial charge in [0, 0.05) is 12.8 Å². The molecule has 166 valence electrons. The van der Waals surface area contributed by atoms with Gasteiger partial charge in [0.25, 0.3) is 5.91 Å². The predicted octanol–water partition coefficient (Wildman–Crippen LogP) is -3.58. The number of aliphatic carboxylic acids is 1. The first-order chi connectivity index (χ1) is 13.5. The number of hydrogen-bond acceptors (Lipinski definition) is 8. The molecule has 1 fully saturated rings. The summed E-state index contributed by atoms with van der Waals surface area (Å²) >= 11 is 1.59. The standard InChI is InChI=1S/C15H26IN5O8/c1-5(23)19-11(12(26)8(24)3-22)10-7(20-15(17)18)2-6(14(27)28)13(10)29-4-9(25)21-16/h6-8,10-13,22,24,26H,2-4H2,1H3,(H,19,23)(H,21,25)(H,27,28)(H4,17,18,20)/t6-,7+,8-,10+,11-,12-,13+/m0/s1. The van der Waals surface area contributed by atoms with E-state index in [1.807, 2.05) is 0 Å². The van der Waals surface area contributed by atoms with E-state index in [1.165, 1.54) is 0 Å². The van der Waals surface area contributed by atoms with Crippen LogP contribution in [0.1, 0.15) is 13.3 Å². The molecule has 1 saturated carbocycles. The molecule has 0 aromatic carbocycles. The van der Waals surface area contributed by atoms with Crippen molar-refractivity contribution in [3.8, 4) is 0 Å². The number of carboxylic acid groups (broad SMARTS) is 1.